The molecule has 10 heteroatoms. The lowest BCUT2D eigenvalue weighted by molar-refractivity contribution is -0.119. The average molecular weight is 552 g/mol. The number of benzene rings is 2. The topological polar surface area (TPSA) is 90.6 Å². The van der Waals surface area contributed by atoms with Gasteiger partial charge in [-0.25, -0.2) is 18.6 Å². The predicted octanol–water partition coefficient (Wildman–Crippen LogP) is 5.09. The van der Waals surface area contributed by atoms with Crippen LogP contribution in [-0.4, -0.2) is 63.0 Å². The Morgan fingerprint density at radius 1 is 1.12 bits per heavy atom. The number of carbonyl (C=O) groups is 2. The molecule has 2 amide bonds. The van der Waals surface area contributed by atoms with Gasteiger partial charge >= 0.3 is 6.09 Å². The zero-order valence-corrected chi connectivity index (χ0v) is 23.0. The normalized spacial score (nSPS) is 21.2. The van der Waals surface area contributed by atoms with E-state index in [0.717, 1.165) is 11.6 Å². The van der Waals surface area contributed by atoms with Crippen LogP contribution in [0.25, 0.3) is 0 Å². The number of fused-ring (bicyclic) bond motifs is 1. The first-order chi connectivity index (χ1) is 19.1. The van der Waals surface area contributed by atoms with Gasteiger partial charge in [0.15, 0.2) is 0 Å². The van der Waals surface area contributed by atoms with E-state index < -0.39 is 29.1 Å². The molecular formula is C30H35F2N5O3. The predicted molar refractivity (Wildman–Crippen MR) is 147 cm³/mol. The van der Waals surface area contributed by atoms with E-state index in [1.54, 1.807) is 11.1 Å². The summed E-state index contributed by atoms with van der Waals surface area (Å²) in [5.74, 6) is -2.33. The molecule has 2 aliphatic rings. The second-order valence-electron chi connectivity index (χ2n) is 11.6. The highest BCUT2D eigenvalue weighted by Gasteiger charge is 2.41. The maximum Gasteiger partial charge on any atom is 0.410 e. The summed E-state index contributed by atoms with van der Waals surface area (Å²) in [6.07, 6.45) is 4.13. The van der Waals surface area contributed by atoms with Crippen LogP contribution in [0.3, 0.4) is 0 Å². The average Bonchev–Trinajstić information content (AvgIpc) is 3.56. The standard InChI is InChI=1S/C30H35F2N5O3/c1-30(2,3)40-29(39)37-16-20-7-5-4-6-19(20)14-22(37)10-13-36-17-24(23-9-8-21(31)15-26(23)32)25(18-36)27(38)35-28-33-11-12-34-28/h4-9,11-12,15,22,24-25H,10,13-14,16-18H2,1-3H3,(H2,33,34,35,38)/t22-,24-,25+/m0/s1. The number of aromatic nitrogens is 2. The molecule has 1 fully saturated rings. The highest BCUT2D eigenvalue weighted by Crippen LogP contribution is 2.36. The van der Waals surface area contributed by atoms with Gasteiger partial charge in [-0.2, -0.15) is 0 Å². The van der Waals surface area contributed by atoms with Crippen molar-refractivity contribution >= 4 is 17.9 Å². The summed E-state index contributed by atoms with van der Waals surface area (Å²) in [5, 5.41) is 2.78. The van der Waals surface area contributed by atoms with E-state index in [1.807, 2.05) is 39.0 Å². The molecule has 0 unspecified atom stereocenters. The minimum Gasteiger partial charge on any atom is -0.444 e. The highest BCUT2D eigenvalue weighted by atomic mass is 19.1. The van der Waals surface area contributed by atoms with E-state index >= 15 is 0 Å². The van der Waals surface area contributed by atoms with Gasteiger partial charge in [0, 0.05) is 56.6 Å². The Hall–Kier alpha value is -3.79. The van der Waals surface area contributed by atoms with Crippen molar-refractivity contribution in [1.82, 2.24) is 19.8 Å². The fourth-order valence-electron chi connectivity index (χ4n) is 5.71. The van der Waals surface area contributed by atoms with Crippen molar-refractivity contribution < 1.29 is 23.1 Å². The van der Waals surface area contributed by atoms with Crippen LogP contribution in [0.15, 0.2) is 54.9 Å². The Bertz CT molecular complexity index is 1360. The van der Waals surface area contributed by atoms with E-state index in [4.69, 9.17) is 4.74 Å². The first-order valence-corrected chi connectivity index (χ1v) is 13.6. The molecule has 0 saturated carbocycles. The maximum absolute atomic E-state index is 14.9. The molecule has 8 nitrogen and oxygen atoms in total. The van der Waals surface area contributed by atoms with Crippen molar-refractivity contribution in [3.8, 4) is 0 Å². The molecule has 2 aliphatic heterocycles. The Labute approximate surface area is 232 Å². The number of carbonyl (C=O) groups excluding carboxylic acids is 2. The molecule has 3 heterocycles. The number of likely N-dealkylation sites (tertiary alicyclic amines) is 1. The molecule has 5 rings (SSSR count). The Kier molecular flexibility index (Phi) is 7.89. The van der Waals surface area contributed by atoms with E-state index in [-0.39, 0.29) is 18.0 Å². The summed E-state index contributed by atoms with van der Waals surface area (Å²) in [6.45, 7) is 7.43. The smallest absolute Gasteiger partial charge is 0.410 e. The van der Waals surface area contributed by atoms with Gasteiger partial charge in [0.25, 0.3) is 0 Å². The molecule has 212 valence electrons. The maximum atomic E-state index is 14.9. The monoisotopic (exact) mass is 551 g/mol. The summed E-state index contributed by atoms with van der Waals surface area (Å²) >= 11 is 0. The summed E-state index contributed by atoms with van der Waals surface area (Å²) in [5.41, 5.74) is 2.00. The van der Waals surface area contributed by atoms with Gasteiger partial charge in [-0.1, -0.05) is 30.3 Å². The molecule has 0 bridgehead atoms. The molecule has 1 aromatic heterocycles. The van der Waals surface area contributed by atoms with Crippen LogP contribution < -0.4 is 5.32 Å². The second-order valence-corrected chi connectivity index (χ2v) is 11.6. The number of amides is 2. The van der Waals surface area contributed by atoms with Gasteiger partial charge in [-0.15, -0.1) is 0 Å². The lowest BCUT2D eigenvalue weighted by Gasteiger charge is -2.38. The summed E-state index contributed by atoms with van der Waals surface area (Å²) < 4.78 is 34.3. The molecule has 0 radical (unpaired) electrons. The SMILES string of the molecule is CC(C)(C)OC(=O)N1Cc2ccccc2C[C@@H]1CCN1C[C@@H](C(=O)Nc2ncc[nH]2)[C@H](c2ccc(F)cc2F)C1. The number of nitrogens with one attached hydrogen (secondary N) is 2. The first-order valence-electron chi connectivity index (χ1n) is 13.6. The zero-order chi connectivity index (χ0) is 28.4. The number of anilines is 1. The molecule has 1 saturated heterocycles. The van der Waals surface area contributed by atoms with Crippen LogP contribution in [0.4, 0.5) is 19.5 Å². The van der Waals surface area contributed by atoms with Crippen molar-refractivity contribution in [2.45, 2.75) is 57.7 Å². The zero-order valence-electron chi connectivity index (χ0n) is 23.0. The Morgan fingerprint density at radius 3 is 2.60 bits per heavy atom. The fourth-order valence-corrected chi connectivity index (χ4v) is 5.71. The van der Waals surface area contributed by atoms with Gasteiger partial charge < -0.3 is 19.5 Å². The number of aromatic amines is 1. The number of hydrogen-bond donors (Lipinski definition) is 2. The number of rotatable bonds is 6. The molecule has 3 aromatic rings. The van der Waals surface area contributed by atoms with Crippen LogP contribution in [0.1, 0.15) is 49.8 Å². The number of hydrogen-bond acceptors (Lipinski definition) is 5. The quantitative estimate of drug-likeness (QED) is 0.445. The number of H-pyrrole nitrogens is 1. The Morgan fingerprint density at radius 2 is 1.90 bits per heavy atom. The van der Waals surface area contributed by atoms with Gasteiger partial charge in [-0.05, 0) is 56.4 Å². The number of nitrogens with zero attached hydrogens (tertiary/aromatic N) is 3. The van der Waals surface area contributed by atoms with Crippen molar-refractivity contribution in [3.63, 3.8) is 0 Å². The van der Waals surface area contributed by atoms with Crippen LogP contribution >= 0.6 is 0 Å². The Balaban J connectivity index is 1.33. The molecule has 3 atom stereocenters. The molecule has 2 N–H and O–H groups in total. The third-order valence-electron chi connectivity index (χ3n) is 7.60. The van der Waals surface area contributed by atoms with E-state index in [1.165, 1.54) is 23.9 Å². The molecule has 2 aromatic carbocycles. The minimum atomic E-state index is -0.664. The minimum absolute atomic E-state index is 0.0956. The third kappa shape index (κ3) is 6.33. The van der Waals surface area contributed by atoms with Crippen LogP contribution in [0.5, 0.6) is 0 Å². The van der Waals surface area contributed by atoms with Gasteiger partial charge in [-0.3, -0.25) is 10.1 Å². The fraction of sp³-hybridized carbons (Fsp3) is 0.433. The van der Waals surface area contributed by atoms with Crippen molar-refractivity contribution in [3.05, 3.63) is 83.2 Å². The number of halogens is 2. The second kappa shape index (κ2) is 11.4. The molecular weight excluding hydrogens is 516 g/mol. The first kappa shape index (κ1) is 27.8. The van der Waals surface area contributed by atoms with Gasteiger partial charge in [0.2, 0.25) is 11.9 Å². The van der Waals surface area contributed by atoms with Crippen molar-refractivity contribution in [1.29, 1.82) is 0 Å². The van der Waals surface area contributed by atoms with E-state index in [9.17, 15) is 18.4 Å². The largest absolute Gasteiger partial charge is 0.444 e. The third-order valence-corrected chi connectivity index (χ3v) is 7.60. The lowest BCUT2D eigenvalue weighted by atomic mass is 9.88. The molecule has 40 heavy (non-hydrogen) atoms. The summed E-state index contributed by atoms with van der Waals surface area (Å²) in [6, 6.07) is 11.5. The van der Waals surface area contributed by atoms with Crippen molar-refractivity contribution in [2.75, 3.05) is 25.0 Å². The summed E-state index contributed by atoms with van der Waals surface area (Å²) in [4.78, 5) is 37.3. The highest BCUT2D eigenvalue weighted by molar-refractivity contribution is 5.92. The van der Waals surface area contributed by atoms with Crippen LogP contribution in [-0.2, 0) is 22.5 Å². The summed E-state index contributed by atoms with van der Waals surface area (Å²) in [7, 11) is 0. The molecule has 0 aliphatic carbocycles. The molecule has 0 spiro atoms. The van der Waals surface area contributed by atoms with Crippen LogP contribution in [0.2, 0.25) is 0 Å². The van der Waals surface area contributed by atoms with Crippen LogP contribution in [0, 0.1) is 17.6 Å². The van der Waals surface area contributed by atoms with Crippen molar-refractivity contribution in [2.24, 2.45) is 5.92 Å². The number of imidazole rings is 1. The number of ether oxygens (including phenoxy) is 1. The lowest BCUT2D eigenvalue weighted by Crippen LogP contribution is -2.47. The van der Waals surface area contributed by atoms with E-state index in [2.05, 4.69) is 26.3 Å². The van der Waals surface area contributed by atoms with Gasteiger partial charge in [0.05, 0.1) is 5.92 Å². The van der Waals surface area contributed by atoms with Gasteiger partial charge in [0.1, 0.15) is 17.2 Å². The van der Waals surface area contributed by atoms with E-state index in [0.29, 0.717) is 50.5 Å².